The highest BCUT2D eigenvalue weighted by molar-refractivity contribution is 5.81. The first-order valence-corrected chi connectivity index (χ1v) is 4.93. The lowest BCUT2D eigenvalue weighted by Gasteiger charge is -2.22. The molecular weight excluding hydrogens is 180 g/mol. The van der Waals surface area contributed by atoms with E-state index in [1.807, 2.05) is 14.1 Å². The van der Waals surface area contributed by atoms with Crippen molar-refractivity contribution < 1.29 is 5.21 Å². The predicted molar refractivity (Wildman–Crippen MR) is 58.7 cm³/mol. The van der Waals surface area contributed by atoms with Crippen molar-refractivity contribution in [1.29, 1.82) is 0 Å². The molecule has 0 saturated carbocycles. The van der Waals surface area contributed by atoms with Gasteiger partial charge in [0, 0.05) is 13.1 Å². The zero-order valence-corrected chi connectivity index (χ0v) is 9.40. The third-order valence-corrected chi connectivity index (χ3v) is 1.92. The molecule has 0 bridgehead atoms. The fourth-order valence-corrected chi connectivity index (χ4v) is 1.19. The Kier molecular flexibility index (Phi) is 7.14. The molecule has 5 heteroatoms. The lowest BCUT2D eigenvalue weighted by atomic mass is 10.3. The fourth-order valence-electron chi connectivity index (χ4n) is 1.19. The molecule has 0 rings (SSSR count). The summed E-state index contributed by atoms with van der Waals surface area (Å²) in [6.07, 6.45) is 1.08. The van der Waals surface area contributed by atoms with Crippen LogP contribution in [-0.4, -0.2) is 61.1 Å². The molecule has 0 aliphatic carbocycles. The van der Waals surface area contributed by atoms with Crippen molar-refractivity contribution in [3.63, 3.8) is 0 Å². The molecule has 0 heterocycles. The number of rotatable bonds is 7. The average molecular weight is 202 g/mol. The minimum atomic E-state index is 0.275. The lowest BCUT2D eigenvalue weighted by molar-refractivity contribution is 0.260. The summed E-state index contributed by atoms with van der Waals surface area (Å²) in [5.74, 6) is 0.275. The topological polar surface area (TPSA) is 65.1 Å². The van der Waals surface area contributed by atoms with Crippen molar-refractivity contribution in [2.45, 2.75) is 13.3 Å². The zero-order valence-electron chi connectivity index (χ0n) is 9.40. The predicted octanol–water partition coefficient (Wildman–Crippen LogP) is 0.00640. The third kappa shape index (κ3) is 6.68. The molecule has 0 saturated heterocycles. The van der Waals surface area contributed by atoms with Crippen molar-refractivity contribution in [2.75, 3.05) is 40.3 Å². The van der Waals surface area contributed by atoms with Crippen molar-refractivity contribution in [3.8, 4) is 0 Å². The number of nitrogens with zero attached hydrogens (tertiary/aromatic N) is 3. The molecule has 0 atom stereocenters. The summed E-state index contributed by atoms with van der Waals surface area (Å²) < 4.78 is 0. The first-order chi connectivity index (χ1) is 6.60. The molecule has 0 aromatic carbocycles. The maximum Gasteiger partial charge on any atom is 0.153 e. The minimum absolute atomic E-state index is 0.275. The van der Waals surface area contributed by atoms with Gasteiger partial charge in [-0.1, -0.05) is 12.1 Å². The smallest absolute Gasteiger partial charge is 0.153 e. The Morgan fingerprint density at radius 1 is 1.29 bits per heavy atom. The SMILES string of the molecule is CCCN(CCN(C)C)CC(N)=NO. The van der Waals surface area contributed by atoms with Gasteiger partial charge in [0.05, 0.1) is 6.54 Å². The molecule has 0 aromatic heterocycles. The van der Waals surface area contributed by atoms with Gasteiger partial charge in [0.15, 0.2) is 5.84 Å². The van der Waals surface area contributed by atoms with E-state index in [4.69, 9.17) is 10.9 Å². The number of oxime groups is 1. The quantitative estimate of drug-likeness (QED) is 0.264. The van der Waals surface area contributed by atoms with Crippen LogP contribution in [0.2, 0.25) is 0 Å². The highest BCUT2D eigenvalue weighted by Gasteiger charge is 2.06. The molecule has 0 aliphatic rings. The van der Waals surface area contributed by atoms with Gasteiger partial charge in [-0.05, 0) is 27.1 Å². The van der Waals surface area contributed by atoms with E-state index in [1.165, 1.54) is 0 Å². The molecule has 0 fully saturated rings. The van der Waals surface area contributed by atoms with Crippen molar-refractivity contribution in [1.82, 2.24) is 9.80 Å². The van der Waals surface area contributed by atoms with Gasteiger partial charge in [0.25, 0.3) is 0 Å². The molecule has 0 unspecified atom stereocenters. The van der Waals surface area contributed by atoms with Gasteiger partial charge >= 0.3 is 0 Å². The summed E-state index contributed by atoms with van der Waals surface area (Å²) in [4.78, 5) is 4.30. The van der Waals surface area contributed by atoms with E-state index < -0.39 is 0 Å². The third-order valence-electron chi connectivity index (χ3n) is 1.92. The van der Waals surface area contributed by atoms with Gasteiger partial charge in [-0.15, -0.1) is 0 Å². The Hall–Kier alpha value is -0.810. The minimum Gasteiger partial charge on any atom is -0.409 e. The van der Waals surface area contributed by atoms with Gasteiger partial charge in [-0.25, -0.2) is 0 Å². The molecule has 0 aromatic rings. The van der Waals surface area contributed by atoms with Crippen LogP contribution in [0, 0.1) is 0 Å². The van der Waals surface area contributed by atoms with E-state index in [0.29, 0.717) is 6.54 Å². The van der Waals surface area contributed by atoms with Crippen molar-refractivity contribution >= 4 is 5.84 Å². The summed E-state index contributed by atoms with van der Waals surface area (Å²) >= 11 is 0. The van der Waals surface area contributed by atoms with Gasteiger partial charge in [-0.3, -0.25) is 4.90 Å². The maximum atomic E-state index is 8.46. The molecular formula is C9H22N4O. The molecule has 0 aliphatic heterocycles. The number of amidine groups is 1. The summed E-state index contributed by atoms with van der Waals surface area (Å²) in [6.45, 7) is 5.56. The maximum absolute atomic E-state index is 8.46. The van der Waals surface area contributed by atoms with Gasteiger partial charge < -0.3 is 15.8 Å². The molecule has 14 heavy (non-hydrogen) atoms. The van der Waals surface area contributed by atoms with Crippen molar-refractivity contribution in [2.24, 2.45) is 10.9 Å². The van der Waals surface area contributed by atoms with Crippen LogP contribution in [-0.2, 0) is 0 Å². The molecule has 3 N–H and O–H groups in total. The first kappa shape index (κ1) is 13.2. The number of hydrogen-bond acceptors (Lipinski definition) is 4. The van der Waals surface area contributed by atoms with E-state index in [9.17, 15) is 0 Å². The number of nitrogens with two attached hydrogens (primary N) is 1. The van der Waals surface area contributed by atoms with Crippen LogP contribution in [0.1, 0.15) is 13.3 Å². The van der Waals surface area contributed by atoms with E-state index in [1.54, 1.807) is 0 Å². The molecule has 0 amide bonds. The fraction of sp³-hybridized carbons (Fsp3) is 0.889. The normalized spacial score (nSPS) is 12.8. The largest absolute Gasteiger partial charge is 0.409 e. The van der Waals surface area contributed by atoms with Gasteiger partial charge in [0.2, 0.25) is 0 Å². The van der Waals surface area contributed by atoms with Crippen LogP contribution in [0.3, 0.4) is 0 Å². The van der Waals surface area contributed by atoms with E-state index >= 15 is 0 Å². The number of hydrogen-bond donors (Lipinski definition) is 2. The van der Waals surface area contributed by atoms with Gasteiger partial charge in [0.1, 0.15) is 0 Å². The van der Waals surface area contributed by atoms with Crippen LogP contribution in [0.25, 0.3) is 0 Å². The van der Waals surface area contributed by atoms with Gasteiger partial charge in [-0.2, -0.15) is 0 Å². The zero-order chi connectivity index (χ0) is 11.0. The second-order valence-corrected chi connectivity index (χ2v) is 3.67. The van der Waals surface area contributed by atoms with Crippen LogP contribution >= 0.6 is 0 Å². The van der Waals surface area contributed by atoms with Crippen LogP contribution < -0.4 is 5.73 Å². The summed E-state index contributed by atoms with van der Waals surface area (Å²) in [7, 11) is 4.07. The van der Waals surface area contributed by atoms with Crippen LogP contribution in [0.4, 0.5) is 0 Å². The molecule has 0 spiro atoms. The second kappa shape index (κ2) is 7.58. The Bertz CT molecular complexity index is 170. The van der Waals surface area contributed by atoms with Crippen LogP contribution in [0.5, 0.6) is 0 Å². The standard InChI is InChI=1S/C9H22N4O/c1-4-5-13(7-6-12(2)3)8-9(10)11-14/h14H,4-8H2,1-3H3,(H2,10,11). The first-order valence-electron chi connectivity index (χ1n) is 4.93. The lowest BCUT2D eigenvalue weighted by Crippen LogP contribution is -2.38. The Labute approximate surface area is 86.2 Å². The highest BCUT2D eigenvalue weighted by atomic mass is 16.4. The van der Waals surface area contributed by atoms with E-state index in [-0.39, 0.29) is 5.84 Å². The molecule has 5 nitrogen and oxygen atoms in total. The van der Waals surface area contributed by atoms with E-state index in [0.717, 1.165) is 26.1 Å². The average Bonchev–Trinajstić information content (AvgIpc) is 2.14. The summed E-state index contributed by atoms with van der Waals surface area (Å²) in [5, 5.41) is 11.4. The second-order valence-electron chi connectivity index (χ2n) is 3.67. The Balaban J connectivity index is 3.89. The Morgan fingerprint density at radius 2 is 1.93 bits per heavy atom. The van der Waals surface area contributed by atoms with Crippen LogP contribution in [0.15, 0.2) is 5.16 Å². The molecule has 0 radical (unpaired) electrons. The molecule has 84 valence electrons. The Morgan fingerprint density at radius 3 is 2.36 bits per heavy atom. The number of likely N-dealkylation sites (N-methyl/N-ethyl adjacent to an activating group) is 1. The highest BCUT2D eigenvalue weighted by Crippen LogP contribution is 1.91. The van der Waals surface area contributed by atoms with E-state index in [2.05, 4.69) is 21.9 Å². The summed E-state index contributed by atoms with van der Waals surface area (Å²) in [6, 6.07) is 0. The van der Waals surface area contributed by atoms with Crippen molar-refractivity contribution in [3.05, 3.63) is 0 Å². The summed E-state index contributed by atoms with van der Waals surface area (Å²) in [5.41, 5.74) is 5.46. The monoisotopic (exact) mass is 202 g/mol.